The third kappa shape index (κ3) is 11.8. The Kier molecular flexibility index (Phi) is 17.7. The van der Waals surface area contributed by atoms with Gasteiger partial charge in [-0.15, -0.1) is 0 Å². The normalized spacial score (nSPS) is 36.7. The molecule has 6 rings (SSSR count). The molecule has 1 aliphatic carbocycles. The molecule has 1 aromatic heterocycles. The SMILES string of the molecule is CCC1/C=C(\C)CC(C)CC(OC)C2OC(O)(C(=O)C(=O)N3CCCCC3C(=O)OC(C(C)=CC3CCC(Oc4ccc5c(c4)c(C)cn5C)C(OC)C3)C(C)C(O)CC1=O)C(C)CC2OC. The number of aliphatic hydroxyl groups excluding tert-OH is 1. The number of Topliss-reactive ketones (excluding diaryl/α,β-unsaturated/α-hetero) is 2. The van der Waals surface area contributed by atoms with Crippen LogP contribution in [-0.4, -0.2) is 126 Å². The molecule has 67 heavy (non-hydrogen) atoms. The molecule has 0 radical (unpaired) electrons. The maximum atomic E-state index is 14.6. The van der Waals surface area contributed by atoms with Crippen LogP contribution < -0.4 is 4.74 Å². The number of ether oxygens (including phenoxy) is 6. The summed E-state index contributed by atoms with van der Waals surface area (Å²) < 4.78 is 39.2. The summed E-state index contributed by atoms with van der Waals surface area (Å²) in [4.78, 5) is 58.6. The first-order valence-electron chi connectivity index (χ1n) is 24.7. The predicted octanol–water partition coefficient (Wildman–Crippen LogP) is 7.36. The van der Waals surface area contributed by atoms with Gasteiger partial charge in [-0.05, 0) is 126 Å². The summed E-state index contributed by atoms with van der Waals surface area (Å²) in [6.07, 6.45) is 6.74. The van der Waals surface area contributed by atoms with Crippen molar-refractivity contribution in [3.63, 3.8) is 0 Å². The van der Waals surface area contributed by atoms with Crippen molar-refractivity contribution in [3.05, 3.63) is 53.3 Å². The van der Waals surface area contributed by atoms with E-state index in [0.29, 0.717) is 50.5 Å². The van der Waals surface area contributed by atoms with E-state index in [0.717, 1.165) is 28.6 Å². The maximum Gasteiger partial charge on any atom is 0.329 e. The van der Waals surface area contributed by atoms with Crippen LogP contribution in [0.25, 0.3) is 10.9 Å². The molecule has 2 aromatic rings. The average molecular weight is 935 g/mol. The second-order valence-electron chi connectivity index (χ2n) is 20.3. The highest BCUT2D eigenvalue weighted by atomic mass is 16.7. The Balaban J connectivity index is 1.30. The fourth-order valence-electron chi connectivity index (χ4n) is 11.3. The molecule has 3 fully saturated rings. The van der Waals surface area contributed by atoms with Crippen LogP contribution >= 0.6 is 0 Å². The molecule has 14 atom stereocenters. The number of fused-ring (bicyclic) bond motifs is 4. The molecule has 0 spiro atoms. The Morgan fingerprint density at radius 1 is 0.910 bits per heavy atom. The molecule has 2 saturated heterocycles. The first kappa shape index (κ1) is 52.5. The van der Waals surface area contributed by atoms with Gasteiger partial charge in [-0.25, -0.2) is 4.79 Å². The number of methoxy groups -OCH3 is 3. The number of hydrogen-bond acceptors (Lipinski definition) is 12. The zero-order valence-electron chi connectivity index (χ0n) is 41.8. The molecule has 4 heterocycles. The number of rotatable bonds is 8. The summed E-state index contributed by atoms with van der Waals surface area (Å²) in [6.45, 7) is 13.5. The quantitative estimate of drug-likeness (QED) is 0.153. The average Bonchev–Trinajstić information content (AvgIpc) is 3.60. The lowest BCUT2D eigenvalue weighted by atomic mass is 9.81. The zero-order chi connectivity index (χ0) is 48.9. The fraction of sp³-hybridized carbons (Fsp3) is 0.698. The molecule has 1 saturated carbocycles. The van der Waals surface area contributed by atoms with Crippen molar-refractivity contribution in [2.45, 2.75) is 174 Å². The first-order valence-corrected chi connectivity index (χ1v) is 24.7. The molecule has 14 nitrogen and oxygen atoms in total. The Morgan fingerprint density at radius 3 is 2.30 bits per heavy atom. The topological polar surface area (TPSA) is 172 Å². The van der Waals surface area contributed by atoms with Gasteiger partial charge >= 0.3 is 5.97 Å². The van der Waals surface area contributed by atoms with E-state index < -0.39 is 77.8 Å². The van der Waals surface area contributed by atoms with Crippen LogP contribution in [0.1, 0.15) is 118 Å². The first-order chi connectivity index (χ1) is 31.8. The molecule has 2 N–H and O–H groups in total. The molecule has 1 aromatic carbocycles. The Bertz CT molecular complexity index is 2130. The third-order valence-electron chi connectivity index (χ3n) is 15.3. The number of aryl methyl sites for hydroxylation is 2. The number of cyclic esters (lactones) is 1. The molecule has 14 heteroatoms. The highest BCUT2D eigenvalue weighted by molar-refractivity contribution is 6.39. The highest BCUT2D eigenvalue weighted by Gasteiger charge is 2.56. The summed E-state index contributed by atoms with van der Waals surface area (Å²) in [6, 6.07) is 5.00. The van der Waals surface area contributed by atoms with E-state index in [1.807, 2.05) is 40.0 Å². The van der Waals surface area contributed by atoms with Gasteiger partial charge in [-0.3, -0.25) is 14.4 Å². The van der Waals surface area contributed by atoms with Crippen LogP contribution in [0.5, 0.6) is 5.75 Å². The minimum Gasteiger partial charge on any atom is -0.488 e. The van der Waals surface area contributed by atoms with Gasteiger partial charge in [-0.2, -0.15) is 0 Å². The number of hydrogen-bond donors (Lipinski definition) is 2. The van der Waals surface area contributed by atoms with Gasteiger partial charge in [0.2, 0.25) is 5.79 Å². The number of amides is 1. The summed E-state index contributed by atoms with van der Waals surface area (Å²) in [5, 5.41) is 25.2. The van der Waals surface area contributed by atoms with Crippen LogP contribution in [0.4, 0.5) is 0 Å². The van der Waals surface area contributed by atoms with E-state index in [4.69, 9.17) is 28.4 Å². The lowest BCUT2D eigenvalue weighted by Crippen LogP contribution is -2.64. The molecule has 1 amide bonds. The molecule has 372 valence electrons. The number of carbonyl (C=O) groups excluding carboxylic acids is 4. The van der Waals surface area contributed by atoms with Gasteiger partial charge in [0.05, 0.1) is 24.4 Å². The highest BCUT2D eigenvalue weighted by Crippen LogP contribution is 2.40. The van der Waals surface area contributed by atoms with Crippen molar-refractivity contribution in [3.8, 4) is 5.75 Å². The Labute approximate surface area is 397 Å². The van der Waals surface area contributed by atoms with E-state index >= 15 is 0 Å². The smallest absolute Gasteiger partial charge is 0.329 e. The fourth-order valence-corrected chi connectivity index (χ4v) is 11.3. The van der Waals surface area contributed by atoms with Crippen LogP contribution in [0, 0.1) is 36.5 Å². The Morgan fingerprint density at radius 2 is 1.61 bits per heavy atom. The van der Waals surface area contributed by atoms with E-state index in [9.17, 15) is 29.4 Å². The number of aromatic nitrogens is 1. The Hall–Kier alpha value is -3.92. The molecule has 4 aliphatic rings. The standard InChI is InChI=1S/C53H78N2O12/c1-12-37-22-30(2)21-31(3)23-46(63-10)49-47(64-11)25-34(6)53(61,67-49)50(58)51(59)55-20-14-13-15-41(55)52(60)66-48(35(7)42(56)28-43(37)57)32(4)24-36-16-19-44(45(26-36)62-9)65-38-17-18-40-39(27-38)33(5)29-54(40)8/h17-18,22,24,27,29,31,34-37,41-42,44-49,56,61H,12-16,19-21,23,25-26,28H2,1-11H3/b30-22+,32-24?. The van der Waals surface area contributed by atoms with Crippen molar-refractivity contribution >= 4 is 34.3 Å². The van der Waals surface area contributed by atoms with E-state index in [1.54, 1.807) is 35.2 Å². The largest absolute Gasteiger partial charge is 0.488 e. The number of ketones is 2. The summed E-state index contributed by atoms with van der Waals surface area (Å²) in [5.41, 5.74) is 4.00. The van der Waals surface area contributed by atoms with Crippen molar-refractivity contribution in [2.75, 3.05) is 27.9 Å². The lowest BCUT2D eigenvalue weighted by molar-refractivity contribution is -0.302. The van der Waals surface area contributed by atoms with Gasteiger partial charge < -0.3 is 48.1 Å². The number of aliphatic hydroxyl groups is 2. The van der Waals surface area contributed by atoms with Crippen molar-refractivity contribution < 1.29 is 57.8 Å². The maximum absolute atomic E-state index is 14.6. The van der Waals surface area contributed by atoms with Gasteiger partial charge in [-0.1, -0.05) is 45.4 Å². The monoisotopic (exact) mass is 935 g/mol. The van der Waals surface area contributed by atoms with Crippen molar-refractivity contribution in [1.82, 2.24) is 9.47 Å². The molecular weight excluding hydrogens is 857 g/mol. The van der Waals surface area contributed by atoms with Crippen LogP contribution in [0.3, 0.4) is 0 Å². The van der Waals surface area contributed by atoms with Gasteiger partial charge in [0.25, 0.3) is 11.7 Å². The summed E-state index contributed by atoms with van der Waals surface area (Å²) in [7, 11) is 6.80. The second kappa shape index (κ2) is 22.7. The van der Waals surface area contributed by atoms with Crippen molar-refractivity contribution in [1.29, 1.82) is 0 Å². The van der Waals surface area contributed by atoms with Crippen LogP contribution in [-0.2, 0) is 49.9 Å². The predicted molar refractivity (Wildman–Crippen MR) is 254 cm³/mol. The second-order valence-corrected chi connectivity index (χ2v) is 20.3. The van der Waals surface area contributed by atoms with E-state index in [2.05, 4.69) is 42.8 Å². The number of piperidine rings is 1. The number of allylic oxidation sites excluding steroid dienone is 3. The zero-order valence-corrected chi connectivity index (χ0v) is 41.8. The van der Waals surface area contributed by atoms with Gasteiger partial charge in [0.15, 0.2) is 0 Å². The summed E-state index contributed by atoms with van der Waals surface area (Å²) >= 11 is 0. The minimum absolute atomic E-state index is 0.0151. The van der Waals surface area contributed by atoms with E-state index in [1.165, 1.54) is 10.5 Å². The van der Waals surface area contributed by atoms with Crippen LogP contribution in [0.15, 0.2) is 47.7 Å². The lowest BCUT2D eigenvalue weighted by Gasteiger charge is -2.47. The number of benzene rings is 1. The number of carbonyl (C=O) groups is 4. The summed E-state index contributed by atoms with van der Waals surface area (Å²) in [5.74, 6) is -6.70. The third-order valence-corrected chi connectivity index (χ3v) is 15.3. The molecule has 14 unspecified atom stereocenters. The molecule has 2 bridgehead atoms. The minimum atomic E-state index is -2.51. The molecule has 3 aliphatic heterocycles. The van der Waals surface area contributed by atoms with E-state index in [-0.39, 0.29) is 55.6 Å². The van der Waals surface area contributed by atoms with Crippen molar-refractivity contribution in [2.24, 2.45) is 36.6 Å². The van der Waals surface area contributed by atoms with Gasteiger partial charge in [0, 0.05) is 76.2 Å². The number of nitrogens with zero attached hydrogens (tertiary/aromatic N) is 2. The number of esters is 1. The molecular formula is C53H78N2O12. The van der Waals surface area contributed by atoms with Gasteiger partial charge in [0.1, 0.15) is 35.9 Å². The van der Waals surface area contributed by atoms with Crippen LogP contribution in [0.2, 0.25) is 0 Å².